The average molecular weight is 435 g/mol. The molecule has 3 rings (SSSR count). The minimum atomic E-state index is -0.457. The molecule has 0 fully saturated rings. The standard InChI is InChI=1S/C22H15ClN4O2S/c23-16-8-4-7-15(9-16)20-17(10-24)21(26)27-22(18(20)11-25)30-13-19(28)29-12-14-5-2-1-3-6-14/h1-9H,12-13H2,(H2,26,27). The van der Waals surface area contributed by atoms with Gasteiger partial charge >= 0.3 is 5.97 Å². The summed E-state index contributed by atoms with van der Waals surface area (Å²) in [5.41, 5.74) is 7.99. The number of nitriles is 2. The molecule has 8 heteroatoms. The van der Waals surface area contributed by atoms with Gasteiger partial charge in [0.25, 0.3) is 0 Å². The SMILES string of the molecule is N#Cc1c(N)nc(SCC(=O)OCc2ccccc2)c(C#N)c1-c1cccc(Cl)c1. The average Bonchev–Trinajstić information content (AvgIpc) is 2.76. The maximum atomic E-state index is 12.1. The first-order chi connectivity index (χ1) is 14.5. The second kappa shape index (κ2) is 9.80. The van der Waals surface area contributed by atoms with Gasteiger partial charge in [-0.2, -0.15) is 10.5 Å². The second-order valence-corrected chi connectivity index (χ2v) is 7.50. The van der Waals surface area contributed by atoms with Crippen molar-refractivity contribution in [3.63, 3.8) is 0 Å². The molecule has 0 saturated heterocycles. The summed E-state index contributed by atoms with van der Waals surface area (Å²) in [6, 6.07) is 20.2. The van der Waals surface area contributed by atoms with E-state index in [0.717, 1.165) is 17.3 Å². The van der Waals surface area contributed by atoms with Gasteiger partial charge in [-0.05, 0) is 23.3 Å². The van der Waals surface area contributed by atoms with Gasteiger partial charge in [-0.3, -0.25) is 4.79 Å². The summed E-state index contributed by atoms with van der Waals surface area (Å²) in [5.74, 6) is -0.539. The predicted octanol–water partition coefficient (Wildman–Crippen LogP) is 4.56. The Morgan fingerprint density at radius 3 is 2.50 bits per heavy atom. The molecule has 0 aliphatic carbocycles. The maximum Gasteiger partial charge on any atom is 0.316 e. The number of halogens is 1. The van der Waals surface area contributed by atoms with Gasteiger partial charge in [-0.1, -0.05) is 65.8 Å². The third-order valence-electron chi connectivity index (χ3n) is 4.10. The minimum absolute atomic E-state index is 0.0216. The number of carbonyl (C=O) groups excluding carboxylic acids is 1. The van der Waals surface area contributed by atoms with Crippen LogP contribution in [-0.4, -0.2) is 16.7 Å². The molecule has 148 valence electrons. The normalized spacial score (nSPS) is 10.1. The van der Waals surface area contributed by atoms with Gasteiger partial charge in [0, 0.05) is 10.6 Å². The van der Waals surface area contributed by atoms with E-state index in [1.165, 1.54) is 0 Å². The molecule has 0 aliphatic heterocycles. The van der Waals surface area contributed by atoms with E-state index in [1.807, 2.05) is 36.4 Å². The van der Waals surface area contributed by atoms with Gasteiger partial charge in [0.2, 0.25) is 0 Å². The topological polar surface area (TPSA) is 113 Å². The van der Waals surface area contributed by atoms with Crippen LogP contribution in [0.5, 0.6) is 0 Å². The predicted molar refractivity (Wildman–Crippen MR) is 115 cm³/mol. The van der Waals surface area contributed by atoms with Crippen molar-refractivity contribution in [1.29, 1.82) is 10.5 Å². The first kappa shape index (κ1) is 21.2. The third kappa shape index (κ3) is 4.90. The number of rotatable bonds is 6. The van der Waals surface area contributed by atoms with Gasteiger partial charge in [0.1, 0.15) is 35.2 Å². The lowest BCUT2D eigenvalue weighted by Gasteiger charge is -2.13. The second-order valence-electron chi connectivity index (χ2n) is 6.10. The van der Waals surface area contributed by atoms with Crippen LogP contribution in [0.2, 0.25) is 5.02 Å². The molecule has 0 atom stereocenters. The molecule has 0 unspecified atom stereocenters. The molecule has 2 aromatic carbocycles. The number of ether oxygens (including phenoxy) is 1. The van der Waals surface area contributed by atoms with Crippen molar-refractivity contribution in [2.24, 2.45) is 0 Å². The monoisotopic (exact) mass is 434 g/mol. The smallest absolute Gasteiger partial charge is 0.316 e. The first-order valence-corrected chi connectivity index (χ1v) is 10.1. The van der Waals surface area contributed by atoms with E-state index in [9.17, 15) is 15.3 Å². The molecule has 1 aromatic heterocycles. The number of anilines is 1. The molecule has 3 aromatic rings. The Morgan fingerprint density at radius 1 is 1.10 bits per heavy atom. The van der Waals surface area contributed by atoms with Gasteiger partial charge in [0.05, 0.1) is 11.3 Å². The zero-order valence-electron chi connectivity index (χ0n) is 15.6. The third-order valence-corrected chi connectivity index (χ3v) is 5.28. The van der Waals surface area contributed by atoms with Crippen molar-refractivity contribution in [3.8, 4) is 23.3 Å². The Labute approximate surface area is 182 Å². The van der Waals surface area contributed by atoms with Crippen LogP contribution in [0.15, 0.2) is 59.6 Å². The summed E-state index contributed by atoms with van der Waals surface area (Å²) >= 11 is 7.11. The van der Waals surface area contributed by atoms with Crippen molar-refractivity contribution in [1.82, 2.24) is 4.98 Å². The minimum Gasteiger partial charge on any atom is -0.460 e. The van der Waals surface area contributed by atoms with Crippen LogP contribution in [-0.2, 0) is 16.1 Å². The van der Waals surface area contributed by atoms with Gasteiger partial charge < -0.3 is 10.5 Å². The number of nitrogens with two attached hydrogens (primary N) is 1. The van der Waals surface area contributed by atoms with Gasteiger partial charge in [0.15, 0.2) is 0 Å². The van der Waals surface area contributed by atoms with Crippen LogP contribution in [0.4, 0.5) is 5.82 Å². The zero-order valence-corrected chi connectivity index (χ0v) is 17.2. The van der Waals surface area contributed by atoms with Crippen molar-refractivity contribution < 1.29 is 9.53 Å². The maximum absolute atomic E-state index is 12.1. The number of hydrogen-bond donors (Lipinski definition) is 1. The zero-order chi connectivity index (χ0) is 21.5. The number of aromatic nitrogens is 1. The van der Waals surface area contributed by atoms with Crippen LogP contribution in [0.1, 0.15) is 16.7 Å². The van der Waals surface area contributed by atoms with E-state index in [4.69, 9.17) is 22.1 Å². The molecular weight excluding hydrogens is 420 g/mol. The molecule has 0 aliphatic rings. The number of hydrogen-bond acceptors (Lipinski definition) is 7. The lowest BCUT2D eigenvalue weighted by atomic mass is 9.97. The summed E-state index contributed by atoms with van der Waals surface area (Å²) in [7, 11) is 0. The Hall–Kier alpha value is -3.52. The Bertz CT molecular complexity index is 1170. The summed E-state index contributed by atoms with van der Waals surface area (Å²) in [5, 5.41) is 20.0. The molecule has 0 amide bonds. The molecule has 1 heterocycles. The van der Waals surface area contributed by atoms with Crippen LogP contribution >= 0.6 is 23.4 Å². The Balaban J connectivity index is 1.86. The molecule has 0 spiro atoms. The fraction of sp³-hybridized carbons (Fsp3) is 0.0909. The van der Waals surface area contributed by atoms with E-state index < -0.39 is 5.97 Å². The number of thioether (sulfide) groups is 1. The number of nitrogen functional groups attached to an aromatic ring is 1. The molecule has 2 N–H and O–H groups in total. The molecule has 0 bridgehead atoms. The number of pyridine rings is 1. The molecule has 30 heavy (non-hydrogen) atoms. The van der Waals surface area contributed by atoms with Crippen LogP contribution in [0, 0.1) is 22.7 Å². The number of nitrogens with zero attached hydrogens (tertiary/aromatic N) is 3. The largest absolute Gasteiger partial charge is 0.460 e. The number of benzene rings is 2. The van der Waals surface area contributed by atoms with Crippen molar-refractivity contribution in [2.45, 2.75) is 11.6 Å². The van der Waals surface area contributed by atoms with E-state index >= 15 is 0 Å². The van der Waals surface area contributed by atoms with Crippen LogP contribution < -0.4 is 5.73 Å². The fourth-order valence-corrected chi connectivity index (χ4v) is 3.73. The number of carbonyl (C=O) groups is 1. The lowest BCUT2D eigenvalue weighted by Crippen LogP contribution is -2.09. The van der Waals surface area contributed by atoms with Gasteiger partial charge in [-0.25, -0.2) is 4.98 Å². The van der Waals surface area contributed by atoms with Gasteiger partial charge in [-0.15, -0.1) is 0 Å². The van der Waals surface area contributed by atoms with E-state index in [2.05, 4.69) is 11.1 Å². The Kier molecular flexibility index (Phi) is 6.92. The highest BCUT2D eigenvalue weighted by Gasteiger charge is 2.21. The quantitative estimate of drug-likeness (QED) is 0.446. The summed E-state index contributed by atoms with van der Waals surface area (Å²) in [6.45, 7) is 0.155. The summed E-state index contributed by atoms with van der Waals surface area (Å²) in [6.07, 6.45) is 0. The van der Waals surface area contributed by atoms with E-state index in [0.29, 0.717) is 16.1 Å². The molecule has 0 saturated carbocycles. The summed E-state index contributed by atoms with van der Waals surface area (Å²) < 4.78 is 5.26. The van der Waals surface area contributed by atoms with Crippen molar-refractivity contribution in [3.05, 3.63) is 76.3 Å². The molecular formula is C22H15ClN4O2S. The first-order valence-electron chi connectivity index (χ1n) is 8.75. The Morgan fingerprint density at radius 2 is 1.83 bits per heavy atom. The van der Waals surface area contributed by atoms with Crippen molar-refractivity contribution >= 4 is 35.1 Å². The van der Waals surface area contributed by atoms with Crippen LogP contribution in [0.3, 0.4) is 0 Å². The fourth-order valence-electron chi connectivity index (χ4n) is 2.74. The van der Waals surface area contributed by atoms with E-state index in [1.54, 1.807) is 24.3 Å². The molecule has 0 radical (unpaired) electrons. The van der Waals surface area contributed by atoms with E-state index in [-0.39, 0.29) is 34.3 Å². The summed E-state index contributed by atoms with van der Waals surface area (Å²) in [4.78, 5) is 16.3. The van der Waals surface area contributed by atoms with Crippen LogP contribution in [0.25, 0.3) is 11.1 Å². The highest BCUT2D eigenvalue weighted by molar-refractivity contribution is 7.99. The van der Waals surface area contributed by atoms with Crippen molar-refractivity contribution in [2.75, 3.05) is 11.5 Å². The lowest BCUT2D eigenvalue weighted by molar-refractivity contribution is -0.141. The highest BCUT2D eigenvalue weighted by atomic mass is 35.5. The highest BCUT2D eigenvalue weighted by Crippen LogP contribution is 2.36. The molecule has 6 nitrogen and oxygen atoms in total. The number of esters is 1.